The number of nitrogens with one attached hydrogen (secondary N) is 1. The molecule has 0 amide bonds. The first-order valence-electron chi connectivity index (χ1n) is 8.39. The van der Waals surface area contributed by atoms with Crippen LogP contribution in [0.25, 0.3) is 0 Å². The molecule has 3 rings (SSSR count). The number of nitrogens with zero attached hydrogens (tertiary/aromatic N) is 1. The van der Waals surface area contributed by atoms with Crippen molar-refractivity contribution < 1.29 is 13.2 Å². The van der Waals surface area contributed by atoms with E-state index in [1.54, 1.807) is 26.1 Å². The molecule has 0 saturated heterocycles. The van der Waals surface area contributed by atoms with Crippen molar-refractivity contribution in [3.05, 3.63) is 51.4 Å². The molecular weight excluding hydrogens is 376 g/mol. The Hall–Kier alpha value is -1.99. The Morgan fingerprint density at radius 2 is 2.04 bits per heavy atom. The molecule has 0 bridgehead atoms. The van der Waals surface area contributed by atoms with Gasteiger partial charge in [-0.1, -0.05) is 24.4 Å². The van der Waals surface area contributed by atoms with Gasteiger partial charge in [0.05, 0.1) is 12.3 Å². The molecule has 0 unspecified atom stereocenters. The van der Waals surface area contributed by atoms with E-state index < -0.39 is 10.0 Å². The summed E-state index contributed by atoms with van der Waals surface area (Å²) in [7, 11) is -2.37. The lowest BCUT2D eigenvalue weighted by molar-refractivity contribution is 0.295. The predicted octanol–water partition coefficient (Wildman–Crippen LogP) is 3.33. The van der Waals surface area contributed by atoms with Crippen LogP contribution in [0.3, 0.4) is 0 Å². The highest BCUT2D eigenvalue weighted by atomic mass is 35.5. The van der Waals surface area contributed by atoms with Crippen molar-refractivity contribution in [2.24, 2.45) is 13.0 Å². The molecule has 140 valence electrons. The van der Waals surface area contributed by atoms with Crippen LogP contribution in [-0.2, 0) is 17.1 Å². The standard InChI is InChI=1S/C18H21ClN2O4S/c1-12-9-18(22)21(2)11-15(12)20-26(23,24)17-10-14(19)5-6-16(17)25-8-7-13-3-4-13/h5-6,9-11,13,20H,3-4,7-8H2,1-2H3. The van der Waals surface area contributed by atoms with E-state index in [-0.39, 0.29) is 16.2 Å². The number of benzene rings is 1. The van der Waals surface area contributed by atoms with Gasteiger partial charge < -0.3 is 9.30 Å². The average Bonchev–Trinajstić information content (AvgIpc) is 3.38. The summed E-state index contributed by atoms with van der Waals surface area (Å²) in [6.07, 6.45) is 4.79. The number of ether oxygens (including phenoxy) is 1. The largest absolute Gasteiger partial charge is 0.492 e. The van der Waals surface area contributed by atoms with Crippen LogP contribution in [-0.4, -0.2) is 19.6 Å². The van der Waals surface area contributed by atoms with Crippen molar-refractivity contribution in [1.29, 1.82) is 0 Å². The van der Waals surface area contributed by atoms with Gasteiger partial charge in [-0.05, 0) is 43.0 Å². The predicted molar refractivity (Wildman–Crippen MR) is 102 cm³/mol. The van der Waals surface area contributed by atoms with E-state index in [0.29, 0.717) is 28.8 Å². The Bertz CT molecular complexity index is 981. The second kappa shape index (κ2) is 7.32. The third-order valence-corrected chi connectivity index (χ3v) is 5.98. The van der Waals surface area contributed by atoms with Gasteiger partial charge in [-0.3, -0.25) is 9.52 Å². The van der Waals surface area contributed by atoms with Crippen LogP contribution in [0.4, 0.5) is 5.69 Å². The molecule has 1 aromatic heterocycles. The zero-order valence-corrected chi connectivity index (χ0v) is 16.2. The number of hydrogen-bond acceptors (Lipinski definition) is 4. The maximum Gasteiger partial charge on any atom is 0.265 e. The van der Waals surface area contributed by atoms with Gasteiger partial charge in [0.1, 0.15) is 10.6 Å². The van der Waals surface area contributed by atoms with E-state index in [0.717, 1.165) is 6.42 Å². The number of aryl methyl sites for hydroxylation is 2. The third-order valence-electron chi connectivity index (χ3n) is 4.36. The lowest BCUT2D eigenvalue weighted by Gasteiger charge is -2.15. The van der Waals surface area contributed by atoms with Crippen LogP contribution in [0.2, 0.25) is 5.02 Å². The van der Waals surface area contributed by atoms with Gasteiger partial charge in [0.25, 0.3) is 15.6 Å². The topological polar surface area (TPSA) is 77.4 Å². The molecule has 6 nitrogen and oxygen atoms in total. The van der Waals surface area contributed by atoms with Gasteiger partial charge in [0.15, 0.2) is 0 Å². The number of rotatable bonds is 7. The molecule has 0 spiro atoms. The molecule has 2 aromatic rings. The highest BCUT2D eigenvalue weighted by molar-refractivity contribution is 7.92. The highest BCUT2D eigenvalue weighted by Crippen LogP contribution is 2.34. The minimum Gasteiger partial charge on any atom is -0.492 e. The van der Waals surface area contributed by atoms with Gasteiger partial charge >= 0.3 is 0 Å². The summed E-state index contributed by atoms with van der Waals surface area (Å²) in [5.74, 6) is 0.957. The van der Waals surface area contributed by atoms with Crippen LogP contribution >= 0.6 is 11.6 Å². The Kier molecular flexibility index (Phi) is 5.29. The van der Waals surface area contributed by atoms with Gasteiger partial charge in [-0.2, -0.15) is 0 Å². The molecule has 0 radical (unpaired) electrons. The van der Waals surface area contributed by atoms with Gasteiger partial charge in [0, 0.05) is 24.3 Å². The number of anilines is 1. The monoisotopic (exact) mass is 396 g/mol. The summed E-state index contributed by atoms with van der Waals surface area (Å²) in [6, 6.07) is 5.92. The smallest absolute Gasteiger partial charge is 0.265 e. The lowest BCUT2D eigenvalue weighted by Crippen LogP contribution is -2.20. The van der Waals surface area contributed by atoms with Crippen LogP contribution in [0.5, 0.6) is 5.75 Å². The molecule has 0 aliphatic heterocycles. The summed E-state index contributed by atoms with van der Waals surface area (Å²) in [4.78, 5) is 11.6. The molecule has 0 atom stereocenters. The first-order chi connectivity index (χ1) is 12.3. The number of halogens is 1. The Balaban J connectivity index is 1.89. The van der Waals surface area contributed by atoms with Gasteiger partial charge in [-0.25, -0.2) is 8.42 Å². The van der Waals surface area contributed by atoms with Crippen molar-refractivity contribution >= 4 is 27.3 Å². The number of sulfonamides is 1. The molecule has 1 heterocycles. The third kappa shape index (κ3) is 4.40. The summed E-state index contributed by atoms with van der Waals surface area (Å²) in [6.45, 7) is 2.14. The highest BCUT2D eigenvalue weighted by Gasteiger charge is 2.24. The molecule has 1 fully saturated rings. The maximum absolute atomic E-state index is 12.9. The summed E-state index contributed by atoms with van der Waals surface area (Å²) in [5, 5.41) is 0.303. The molecule has 1 aliphatic rings. The Morgan fingerprint density at radius 3 is 2.73 bits per heavy atom. The zero-order chi connectivity index (χ0) is 18.9. The maximum atomic E-state index is 12.9. The minimum absolute atomic E-state index is 0.0194. The number of hydrogen-bond donors (Lipinski definition) is 1. The number of aromatic nitrogens is 1. The SMILES string of the molecule is Cc1cc(=O)n(C)cc1NS(=O)(=O)c1cc(Cl)ccc1OCCC1CC1. The van der Waals surface area contributed by atoms with Crippen molar-refractivity contribution in [2.45, 2.75) is 31.1 Å². The lowest BCUT2D eigenvalue weighted by atomic mass is 10.2. The van der Waals surface area contributed by atoms with Gasteiger partial charge in [0.2, 0.25) is 0 Å². The molecular formula is C18H21ClN2O4S. The van der Waals surface area contributed by atoms with Crippen LogP contribution in [0.1, 0.15) is 24.8 Å². The summed E-state index contributed by atoms with van der Waals surface area (Å²) < 4.78 is 35.3. The Labute approximate surface area is 157 Å². The van der Waals surface area contributed by atoms with Crippen LogP contribution in [0, 0.1) is 12.8 Å². The normalized spacial score (nSPS) is 14.3. The summed E-state index contributed by atoms with van der Waals surface area (Å²) in [5.41, 5.74) is 0.656. The number of pyridine rings is 1. The first kappa shape index (κ1) is 18.8. The van der Waals surface area contributed by atoms with Crippen molar-refractivity contribution in [2.75, 3.05) is 11.3 Å². The van der Waals surface area contributed by atoms with E-state index in [1.165, 1.54) is 35.7 Å². The Morgan fingerprint density at radius 1 is 1.31 bits per heavy atom. The van der Waals surface area contributed by atoms with E-state index in [4.69, 9.17) is 16.3 Å². The summed E-state index contributed by atoms with van der Waals surface area (Å²) >= 11 is 6.00. The van der Waals surface area contributed by atoms with E-state index in [2.05, 4.69) is 4.72 Å². The fraction of sp³-hybridized carbons (Fsp3) is 0.389. The molecule has 1 N–H and O–H groups in total. The van der Waals surface area contributed by atoms with E-state index in [1.807, 2.05) is 0 Å². The fourth-order valence-corrected chi connectivity index (χ4v) is 4.11. The average molecular weight is 397 g/mol. The minimum atomic E-state index is -3.93. The van der Waals surface area contributed by atoms with E-state index in [9.17, 15) is 13.2 Å². The van der Waals surface area contributed by atoms with Gasteiger partial charge in [-0.15, -0.1) is 0 Å². The van der Waals surface area contributed by atoms with Crippen LogP contribution < -0.4 is 15.0 Å². The zero-order valence-electron chi connectivity index (χ0n) is 14.7. The molecule has 1 aliphatic carbocycles. The molecule has 1 aromatic carbocycles. The second-order valence-electron chi connectivity index (χ2n) is 6.60. The molecule has 26 heavy (non-hydrogen) atoms. The quantitative estimate of drug-likeness (QED) is 0.778. The van der Waals surface area contributed by atoms with Crippen molar-refractivity contribution in [3.8, 4) is 5.75 Å². The van der Waals surface area contributed by atoms with Crippen LogP contribution in [0.15, 0.2) is 40.2 Å². The van der Waals surface area contributed by atoms with Crippen molar-refractivity contribution in [3.63, 3.8) is 0 Å². The fourth-order valence-electron chi connectivity index (χ4n) is 2.58. The molecule has 8 heteroatoms. The first-order valence-corrected chi connectivity index (χ1v) is 10.2. The van der Waals surface area contributed by atoms with Crippen molar-refractivity contribution in [1.82, 2.24) is 4.57 Å². The molecule has 1 saturated carbocycles. The second-order valence-corrected chi connectivity index (χ2v) is 8.68. The van der Waals surface area contributed by atoms with E-state index >= 15 is 0 Å².